The second-order valence-electron chi connectivity index (χ2n) is 6.38. The lowest BCUT2D eigenvalue weighted by Crippen LogP contribution is -2.45. The third-order valence-corrected chi connectivity index (χ3v) is 4.80. The van der Waals surface area contributed by atoms with Gasteiger partial charge in [-0.2, -0.15) is 0 Å². The van der Waals surface area contributed by atoms with Crippen LogP contribution in [0.5, 0.6) is 0 Å². The topological polar surface area (TPSA) is 83.6 Å². The summed E-state index contributed by atoms with van der Waals surface area (Å²) in [5.74, 6) is -0.850. The Kier molecular flexibility index (Phi) is 5.08. The van der Waals surface area contributed by atoms with E-state index in [1.165, 1.54) is 6.26 Å². The summed E-state index contributed by atoms with van der Waals surface area (Å²) in [5.41, 5.74) is 1.35. The highest BCUT2D eigenvalue weighted by Crippen LogP contribution is 2.25. The van der Waals surface area contributed by atoms with E-state index in [2.05, 4.69) is 4.98 Å². The van der Waals surface area contributed by atoms with Crippen molar-refractivity contribution in [1.82, 2.24) is 9.88 Å². The number of nitrogens with zero attached hydrogens (tertiary/aromatic N) is 2. The maximum atomic E-state index is 12.5. The number of carbonyl (C=O) groups is 2. The molecule has 1 amide bonds. The van der Waals surface area contributed by atoms with Crippen molar-refractivity contribution in [3.8, 4) is 11.5 Å². The van der Waals surface area contributed by atoms with Crippen LogP contribution in [-0.4, -0.2) is 40.0 Å². The van der Waals surface area contributed by atoms with Gasteiger partial charge in [-0.1, -0.05) is 18.5 Å². The molecule has 6 nitrogen and oxygen atoms in total. The summed E-state index contributed by atoms with van der Waals surface area (Å²) >= 11 is 5.86. The molecule has 1 aliphatic rings. The van der Waals surface area contributed by atoms with E-state index in [1.54, 1.807) is 29.2 Å². The molecule has 2 atom stereocenters. The van der Waals surface area contributed by atoms with Gasteiger partial charge in [0.05, 0.1) is 18.0 Å². The molecule has 0 bridgehead atoms. The summed E-state index contributed by atoms with van der Waals surface area (Å²) in [6.45, 7) is 2.78. The molecule has 0 saturated carbocycles. The molecule has 2 unspecified atom stereocenters. The highest BCUT2D eigenvalue weighted by atomic mass is 35.5. The van der Waals surface area contributed by atoms with Crippen LogP contribution in [0.3, 0.4) is 0 Å². The summed E-state index contributed by atoms with van der Waals surface area (Å²) in [4.78, 5) is 29.7. The SMILES string of the molecule is CC1CN(C(=O)Cc2coc(-c3ccc(Cl)cc3)n2)CCC1C(=O)O. The number of amides is 1. The van der Waals surface area contributed by atoms with E-state index in [0.717, 1.165) is 5.56 Å². The van der Waals surface area contributed by atoms with E-state index in [0.29, 0.717) is 36.1 Å². The van der Waals surface area contributed by atoms with Gasteiger partial charge < -0.3 is 14.4 Å². The lowest BCUT2D eigenvalue weighted by molar-refractivity contribution is -0.148. The van der Waals surface area contributed by atoms with Gasteiger partial charge in [-0.25, -0.2) is 4.98 Å². The second kappa shape index (κ2) is 7.27. The number of piperidine rings is 1. The number of benzene rings is 1. The quantitative estimate of drug-likeness (QED) is 0.903. The van der Waals surface area contributed by atoms with E-state index < -0.39 is 5.97 Å². The van der Waals surface area contributed by atoms with Crippen LogP contribution in [0.4, 0.5) is 0 Å². The van der Waals surface area contributed by atoms with Crippen molar-refractivity contribution in [2.45, 2.75) is 19.8 Å². The van der Waals surface area contributed by atoms with E-state index >= 15 is 0 Å². The molecular weight excluding hydrogens is 344 g/mol. The first-order chi connectivity index (χ1) is 11.9. The van der Waals surface area contributed by atoms with Gasteiger partial charge in [-0.15, -0.1) is 0 Å². The van der Waals surface area contributed by atoms with E-state index in [4.69, 9.17) is 21.1 Å². The standard InChI is InChI=1S/C18H19ClN2O4/c1-11-9-21(7-6-15(11)18(23)24)16(22)8-14-10-25-17(20-14)12-2-4-13(19)5-3-12/h2-5,10-11,15H,6-9H2,1H3,(H,23,24). The zero-order valence-electron chi connectivity index (χ0n) is 13.8. The molecule has 0 aliphatic carbocycles. The number of carboxylic acid groups (broad SMARTS) is 1. The highest BCUT2D eigenvalue weighted by Gasteiger charge is 2.33. The maximum Gasteiger partial charge on any atom is 0.306 e. The lowest BCUT2D eigenvalue weighted by Gasteiger charge is -2.34. The Labute approximate surface area is 150 Å². The van der Waals surface area contributed by atoms with Gasteiger partial charge in [0.25, 0.3) is 0 Å². The smallest absolute Gasteiger partial charge is 0.306 e. The minimum atomic E-state index is -0.788. The van der Waals surface area contributed by atoms with Crippen LogP contribution in [-0.2, 0) is 16.0 Å². The molecule has 1 saturated heterocycles. The van der Waals surface area contributed by atoms with Crippen LogP contribution in [0, 0.1) is 11.8 Å². The van der Waals surface area contributed by atoms with Crippen molar-refractivity contribution < 1.29 is 19.1 Å². The predicted octanol–water partition coefficient (Wildman–Crippen LogP) is 3.11. The number of aromatic nitrogens is 1. The minimum Gasteiger partial charge on any atom is -0.481 e. The van der Waals surface area contributed by atoms with Crippen molar-refractivity contribution >= 4 is 23.5 Å². The third-order valence-electron chi connectivity index (χ3n) is 4.55. The van der Waals surface area contributed by atoms with Gasteiger partial charge in [-0.3, -0.25) is 9.59 Å². The third kappa shape index (κ3) is 4.02. The number of hydrogen-bond donors (Lipinski definition) is 1. The molecule has 3 rings (SSSR count). The number of carboxylic acids is 1. The van der Waals surface area contributed by atoms with Gasteiger partial charge in [0.1, 0.15) is 6.26 Å². The summed E-state index contributed by atoms with van der Waals surface area (Å²) in [5, 5.41) is 9.79. The van der Waals surface area contributed by atoms with Crippen molar-refractivity contribution in [3.05, 3.63) is 41.2 Å². The Morgan fingerprint density at radius 2 is 2.08 bits per heavy atom. The molecule has 0 radical (unpaired) electrons. The molecule has 1 fully saturated rings. The van der Waals surface area contributed by atoms with Crippen molar-refractivity contribution in [2.75, 3.05) is 13.1 Å². The Hall–Kier alpha value is -2.34. The Balaban J connectivity index is 1.62. The van der Waals surface area contributed by atoms with Gasteiger partial charge in [0.15, 0.2) is 0 Å². The fourth-order valence-electron chi connectivity index (χ4n) is 3.12. The number of aliphatic carboxylic acids is 1. The summed E-state index contributed by atoms with van der Waals surface area (Å²) in [6.07, 6.45) is 2.11. The van der Waals surface area contributed by atoms with Gasteiger partial charge in [0.2, 0.25) is 11.8 Å². The molecule has 1 aromatic heterocycles. The van der Waals surface area contributed by atoms with Crippen molar-refractivity contribution in [2.24, 2.45) is 11.8 Å². The summed E-state index contributed by atoms with van der Waals surface area (Å²) in [7, 11) is 0. The summed E-state index contributed by atoms with van der Waals surface area (Å²) < 4.78 is 5.45. The monoisotopic (exact) mass is 362 g/mol. The van der Waals surface area contributed by atoms with Crippen molar-refractivity contribution in [3.63, 3.8) is 0 Å². The highest BCUT2D eigenvalue weighted by molar-refractivity contribution is 6.30. The van der Waals surface area contributed by atoms with Gasteiger partial charge in [-0.05, 0) is 36.6 Å². The Bertz CT molecular complexity index is 772. The molecule has 132 valence electrons. The summed E-state index contributed by atoms with van der Waals surface area (Å²) in [6, 6.07) is 7.11. The Morgan fingerprint density at radius 3 is 2.72 bits per heavy atom. The van der Waals surface area contributed by atoms with Gasteiger partial charge in [0, 0.05) is 23.7 Å². The lowest BCUT2D eigenvalue weighted by atomic mass is 9.87. The van der Waals surface area contributed by atoms with E-state index in [-0.39, 0.29) is 24.2 Å². The van der Waals surface area contributed by atoms with Crippen LogP contribution >= 0.6 is 11.6 Å². The Morgan fingerprint density at radius 1 is 1.36 bits per heavy atom. The molecule has 25 heavy (non-hydrogen) atoms. The zero-order chi connectivity index (χ0) is 18.0. The maximum absolute atomic E-state index is 12.5. The zero-order valence-corrected chi connectivity index (χ0v) is 14.6. The average molecular weight is 363 g/mol. The fraction of sp³-hybridized carbons (Fsp3) is 0.389. The molecular formula is C18H19ClN2O4. The normalized spacial score (nSPS) is 20.5. The fourth-order valence-corrected chi connectivity index (χ4v) is 3.24. The number of halogens is 1. The number of likely N-dealkylation sites (tertiary alicyclic amines) is 1. The number of carbonyl (C=O) groups excluding carboxylic acids is 1. The number of hydrogen-bond acceptors (Lipinski definition) is 4. The number of rotatable bonds is 4. The van der Waals surface area contributed by atoms with E-state index in [9.17, 15) is 9.59 Å². The minimum absolute atomic E-state index is 0.0582. The molecule has 1 aromatic carbocycles. The van der Waals surface area contributed by atoms with E-state index in [1.807, 2.05) is 6.92 Å². The molecule has 1 aliphatic heterocycles. The van der Waals surface area contributed by atoms with Crippen molar-refractivity contribution in [1.29, 1.82) is 0 Å². The first kappa shape index (κ1) is 17.5. The van der Waals surface area contributed by atoms with Crippen LogP contribution in [0.1, 0.15) is 19.0 Å². The first-order valence-electron chi connectivity index (χ1n) is 8.15. The van der Waals surface area contributed by atoms with Crippen LogP contribution in [0.15, 0.2) is 34.9 Å². The molecule has 2 heterocycles. The largest absolute Gasteiger partial charge is 0.481 e. The van der Waals surface area contributed by atoms with Crippen LogP contribution in [0.2, 0.25) is 5.02 Å². The molecule has 7 heteroatoms. The molecule has 1 N–H and O–H groups in total. The van der Waals surface area contributed by atoms with Crippen LogP contribution < -0.4 is 0 Å². The molecule has 2 aromatic rings. The van der Waals surface area contributed by atoms with Gasteiger partial charge >= 0.3 is 5.97 Å². The predicted molar refractivity (Wildman–Crippen MR) is 92.1 cm³/mol. The number of oxazole rings is 1. The second-order valence-corrected chi connectivity index (χ2v) is 6.81. The average Bonchev–Trinajstić information content (AvgIpc) is 3.03. The molecule has 0 spiro atoms. The van der Waals surface area contributed by atoms with Crippen LogP contribution in [0.25, 0.3) is 11.5 Å². The first-order valence-corrected chi connectivity index (χ1v) is 8.52.